The lowest BCUT2D eigenvalue weighted by Crippen LogP contribution is -2.20. The van der Waals surface area contributed by atoms with Crippen LogP contribution in [0.3, 0.4) is 0 Å². The van der Waals surface area contributed by atoms with E-state index in [9.17, 15) is 4.79 Å². The van der Waals surface area contributed by atoms with Crippen LogP contribution in [-0.4, -0.2) is 17.5 Å². The van der Waals surface area contributed by atoms with Gasteiger partial charge in [0.2, 0.25) is 5.89 Å². The Kier molecular flexibility index (Phi) is 5.76. The van der Waals surface area contributed by atoms with Gasteiger partial charge in [-0.25, -0.2) is 4.98 Å². The van der Waals surface area contributed by atoms with Gasteiger partial charge in [0.05, 0.1) is 0 Å². The molecule has 0 spiro atoms. The van der Waals surface area contributed by atoms with Gasteiger partial charge in [-0.1, -0.05) is 38.1 Å². The molecular weight excluding hydrogens is 388 g/mol. The van der Waals surface area contributed by atoms with Crippen molar-refractivity contribution in [3.63, 3.8) is 0 Å². The van der Waals surface area contributed by atoms with E-state index < -0.39 is 0 Å². The fraction of sp³-hybridized carbons (Fsp3) is 0.231. The summed E-state index contributed by atoms with van der Waals surface area (Å²) < 4.78 is 11.7. The predicted octanol–water partition coefficient (Wildman–Crippen LogP) is 6.25. The summed E-state index contributed by atoms with van der Waals surface area (Å²) in [5.74, 6) is 1.42. The fourth-order valence-corrected chi connectivity index (χ4v) is 3.63. The third-order valence-corrected chi connectivity index (χ3v) is 5.14. The highest BCUT2D eigenvalue weighted by atomic mass is 16.5. The lowest BCUT2D eigenvalue weighted by atomic mass is 10.0. The average Bonchev–Trinajstić information content (AvgIpc) is 3.17. The number of anilines is 1. The maximum atomic E-state index is 12.3. The van der Waals surface area contributed by atoms with Crippen LogP contribution in [0.5, 0.6) is 5.75 Å². The minimum atomic E-state index is -0.209. The first-order valence-electron chi connectivity index (χ1n) is 10.4. The second-order valence-electron chi connectivity index (χ2n) is 8.06. The molecule has 1 amide bonds. The molecule has 3 aromatic carbocycles. The largest absolute Gasteiger partial charge is 0.483 e. The molecule has 5 nitrogen and oxygen atoms in total. The van der Waals surface area contributed by atoms with E-state index in [1.54, 1.807) is 0 Å². The van der Waals surface area contributed by atoms with E-state index in [-0.39, 0.29) is 12.5 Å². The van der Waals surface area contributed by atoms with Crippen LogP contribution in [0.15, 0.2) is 65.1 Å². The number of hydrogen-bond acceptors (Lipinski definition) is 4. The summed E-state index contributed by atoms with van der Waals surface area (Å²) in [5, 5.41) is 2.87. The van der Waals surface area contributed by atoms with Crippen LogP contribution in [0.4, 0.5) is 5.69 Å². The van der Waals surface area contributed by atoms with E-state index in [0.29, 0.717) is 17.5 Å². The molecule has 0 aliphatic rings. The van der Waals surface area contributed by atoms with Crippen LogP contribution in [-0.2, 0) is 4.79 Å². The monoisotopic (exact) mass is 414 g/mol. The Labute approximate surface area is 182 Å². The SMILES string of the molecule is Cc1cc(C)c2oc(-c3ccc(NC(=O)COc4ccccc4C(C)C)cc3)nc2c1. The molecule has 0 aliphatic carbocycles. The third-order valence-electron chi connectivity index (χ3n) is 5.14. The number of aryl methyl sites for hydroxylation is 2. The third kappa shape index (κ3) is 4.61. The summed E-state index contributed by atoms with van der Waals surface area (Å²) in [4.78, 5) is 16.9. The van der Waals surface area contributed by atoms with Crippen molar-refractivity contribution in [2.24, 2.45) is 0 Å². The van der Waals surface area contributed by atoms with Gasteiger partial charge in [0.1, 0.15) is 11.3 Å². The Morgan fingerprint density at radius 1 is 1.06 bits per heavy atom. The quantitative estimate of drug-likeness (QED) is 0.405. The number of amides is 1. The standard InChI is InChI=1S/C26H26N2O3/c1-16(2)21-7-5-6-8-23(21)30-15-24(29)27-20-11-9-19(10-12-20)26-28-22-14-17(3)13-18(4)25(22)31-26/h5-14,16H,15H2,1-4H3,(H,27,29). The molecule has 0 saturated carbocycles. The average molecular weight is 415 g/mol. The summed E-state index contributed by atoms with van der Waals surface area (Å²) in [6.45, 7) is 8.22. The Morgan fingerprint density at radius 3 is 2.55 bits per heavy atom. The van der Waals surface area contributed by atoms with Crippen molar-refractivity contribution in [2.45, 2.75) is 33.6 Å². The summed E-state index contributed by atoms with van der Waals surface area (Å²) in [7, 11) is 0. The van der Waals surface area contributed by atoms with E-state index in [1.807, 2.05) is 68.4 Å². The number of carbonyl (C=O) groups is 1. The topological polar surface area (TPSA) is 64.4 Å². The molecule has 158 valence electrons. The summed E-state index contributed by atoms with van der Waals surface area (Å²) in [5.41, 5.74) is 6.51. The lowest BCUT2D eigenvalue weighted by molar-refractivity contribution is -0.118. The Hall–Kier alpha value is -3.60. The van der Waals surface area contributed by atoms with Gasteiger partial charge in [-0.15, -0.1) is 0 Å². The first kappa shape index (κ1) is 20.7. The number of fused-ring (bicyclic) bond motifs is 1. The predicted molar refractivity (Wildman–Crippen MR) is 124 cm³/mol. The van der Waals surface area contributed by atoms with Gasteiger partial charge in [-0.2, -0.15) is 0 Å². The molecule has 1 N–H and O–H groups in total. The maximum absolute atomic E-state index is 12.3. The number of carbonyl (C=O) groups excluding carboxylic acids is 1. The molecule has 0 saturated heterocycles. The van der Waals surface area contributed by atoms with Gasteiger partial charge >= 0.3 is 0 Å². The van der Waals surface area contributed by atoms with E-state index in [4.69, 9.17) is 9.15 Å². The van der Waals surface area contributed by atoms with Gasteiger partial charge < -0.3 is 14.5 Å². The highest BCUT2D eigenvalue weighted by Gasteiger charge is 2.12. The number of hydrogen-bond donors (Lipinski definition) is 1. The number of aromatic nitrogens is 1. The second-order valence-corrected chi connectivity index (χ2v) is 8.06. The number of rotatable bonds is 6. The molecule has 4 rings (SSSR count). The zero-order valence-corrected chi connectivity index (χ0v) is 18.2. The van der Waals surface area contributed by atoms with Crippen LogP contribution in [0, 0.1) is 13.8 Å². The van der Waals surface area contributed by atoms with E-state index in [2.05, 4.69) is 30.2 Å². The molecule has 0 aliphatic heterocycles. The molecular formula is C26H26N2O3. The molecule has 0 bridgehead atoms. The van der Waals surface area contributed by atoms with Crippen molar-refractivity contribution < 1.29 is 13.9 Å². The van der Waals surface area contributed by atoms with Crippen molar-refractivity contribution in [2.75, 3.05) is 11.9 Å². The van der Waals surface area contributed by atoms with E-state index >= 15 is 0 Å². The van der Waals surface area contributed by atoms with Crippen LogP contribution in [0.1, 0.15) is 36.5 Å². The molecule has 0 unspecified atom stereocenters. The first-order chi connectivity index (χ1) is 14.9. The van der Waals surface area contributed by atoms with E-state index in [0.717, 1.165) is 39.1 Å². The molecule has 5 heteroatoms. The van der Waals surface area contributed by atoms with Crippen molar-refractivity contribution in [3.8, 4) is 17.2 Å². The molecule has 0 fully saturated rings. The maximum Gasteiger partial charge on any atom is 0.262 e. The van der Waals surface area contributed by atoms with Crippen LogP contribution < -0.4 is 10.1 Å². The molecule has 1 aromatic heterocycles. The number of ether oxygens (including phenoxy) is 1. The molecule has 0 atom stereocenters. The van der Waals surface area contributed by atoms with Crippen molar-refractivity contribution in [3.05, 3.63) is 77.4 Å². The summed E-state index contributed by atoms with van der Waals surface area (Å²) >= 11 is 0. The number of benzene rings is 3. The number of nitrogens with zero attached hydrogens (tertiary/aromatic N) is 1. The van der Waals surface area contributed by atoms with Gasteiger partial charge in [-0.3, -0.25) is 4.79 Å². The molecule has 31 heavy (non-hydrogen) atoms. The van der Waals surface area contributed by atoms with Crippen LogP contribution in [0.2, 0.25) is 0 Å². The lowest BCUT2D eigenvalue weighted by Gasteiger charge is -2.13. The second kappa shape index (κ2) is 8.64. The first-order valence-corrected chi connectivity index (χ1v) is 10.4. The molecule has 1 heterocycles. The summed E-state index contributed by atoms with van der Waals surface area (Å²) in [6.07, 6.45) is 0. The summed E-state index contributed by atoms with van der Waals surface area (Å²) in [6, 6.07) is 19.3. The highest BCUT2D eigenvalue weighted by molar-refractivity contribution is 5.92. The van der Waals surface area contributed by atoms with Gasteiger partial charge in [0, 0.05) is 11.3 Å². The fourth-order valence-electron chi connectivity index (χ4n) is 3.63. The minimum Gasteiger partial charge on any atom is -0.483 e. The van der Waals surface area contributed by atoms with Gasteiger partial charge in [0.25, 0.3) is 5.91 Å². The van der Waals surface area contributed by atoms with Gasteiger partial charge in [-0.05, 0) is 72.9 Å². The Balaban J connectivity index is 1.42. The van der Waals surface area contributed by atoms with Crippen molar-refractivity contribution in [1.29, 1.82) is 0 Å². The smallest absolute Gasteiger partial charge is 0.262 e. The number of oxazole rings is 1. The zero-order valence-electron chi connectivity index (χ0n) is 18.2. The normalized spacial score (nSPS) is 11.1. The number of nitrogens with one attached hydrogen (secondary N) is 1. The van der Waals surface area contributed by atoms with Crippen LogP contribution >= 0.6 is 0 Å². The Bertz CT molecular complexity index is 1220. The van der Waals surface area contributed by atoms with Crippen molar-refractivity contribution in [1.82, 2.24) is 4.98 Å². The van der Waals surface area contributed by atoms with E-state index in [1.165, 1.54) is 0 Å². The molecule has 0 radical (unpaired) electrons. The zero-order chi connectivity index (χ0) is 22.0. The van der Waals surface area contributed by atoms with Crippen molar-refractivity contribution >= 4 is 22.7 Å². The van der Waals surface area contributed by atoms with Gasteiger partial charge in [0.15, 0.2) is 12.2 Å². The minimum absolute atomic E-state index is 0.0464. The molecule has 4 aromatic rings. The van der Waals surface area contributed by atoms with Crippen LogP contribution in [0.25, 0.3) is 22.6 Å². The number of para-hydroxylation sites is 1. The highest BCUT2D eigenvalue weighted by Crippen LogP contribution is 2.28. The Morgan fingerprint density at radius 2 is 1.81 bits per heavy atom.